The number of hydrogen-bond acceptors (Lipinski definition) is 1. The molecule has 36 valence electrons. The largest absolute Gasteiger partial charge is 0.423 e. The van der Waals surface area contributed by atoms with Gasteiger partial charge >= 0.3 is 6.19 Å². The highest BCUT2D eigenvalue weighted by Crippen LogP contribution is 2.07. The molecule has 0 spiro atoms. The van der Waals surface area contributed by atoms with Crippen LogP contribution in [0.4, 0.5) is 0 Å². The quantitative estimate of drug-likeness (QED) is 0.401. The van der Waals surface area contributed by atoms with E-state index in [1.165, 1.54) is 0 Å². The van der Waals surface area contributed by atoms with Gasteiger partial charge in [0.25, 0.3) is 5.54 Å². The van der Waals surface area contributed by atoms with Gasteiger partial charge in [-0.05, 0) is 0 Å². The molecule has 2 heteroatoms. The number of hydrogen-bond donors (Lipinski definition) is 0. The molecule has 0 N–H and O–H groups in total. The zero-order valence-electron chi connectivity index (χ0n) is 4.47. The van der Waals surface area contributed by atoms with Crippen molar-refractivity contribution in [1.82, 2.24) is 0 Å². The Morgan fingerprint density at radius 3 is 2.57 bits per heavy atom. The molecule has 0 aromatic rings. The van der Waals surface area contributed by atoms with Crippen molar-refractivity contribution in [1.29, 1.82) is 0 Å². The molecule has 0 aromatic carbocycles. The van der Waals surface area contributed by atoms with Crippen LogP contribution in [0.25, 0.3) is 4.85 Å². The first-order chi connectivity index (χ1) is 3.21. The second-order valence-electron chi connectivity index (χ2n) is 2.12. The molecule has 0 radical (unpaired) electrons. The van der Waals surface area contributed by atoms with E-state index in [1.807, 2.05) is 13.8 Å². The van der Waals surface area contributed by atoms with Crippen molar-refractivity contribution in [2.24, 2.45) is 4.99 Å². The van der Waals surface area contributed by atoms with Gasteiger partial charge < -0.3 is 0 Å². The molecule has 0 amide bonds. The van der Waals surface area contributed by atoms with E-state index < -0.39 is 0 Å². The molecule has 0 aromatic heterocycles. The van der Waals surface area contributed by atoms with Gasteiger partial charge in [0, 0.05) is 18.8 Å². The lowest BCUT2D eigenvalue weighted by Gasteiger charge is -1.91. The molecule has 0 saturated heterocycles. The summed E-state index contributed by atoms with van der Waals surface area (Å²) in [5.41, 5.74) is -0.0833. The molecule has 1 heterocycles. The van der Waals surface area contributed by atoms with Crippen LogP contribution in [-0.2, 0) is 0 Å². The maximum Gasteiger partial charge on any atom is 0.423 e. The van der Waals surface area contributed by atoms with E-state index in [-0.39, 0.29) is 5.54 Å². The predicted molar refractivity (Wildman–Crippen MR) is 29.8 cm³/mol. The maximum absolute atomic E-state index is 3.90. The fourth-order valence-electron chi connectivity index (χ4n) is 0.373. The molecule has 1 aliphatic rings. The predicted octanol–water partition coefficient (Wildman–Crippen LogP) is 1.14. The number of rotatable bonds is 0. The van der Waals surface area contributed by atoms with Gasteiger partial charge in [0.05, 0.1) is 0 Å². The summed E-state index contributed by atoms with van der Waals surface area (Å²) in [5.74, 6) is 0. The molecule has 0 unspecified atom stereocenters. The van der Waals surface area contributed by atoms with E-state index in [2.05, 4.69) is 16.0 Å². The fraction of sp³-hybridized carbons (Fsp3) is 0.600. The van der Waals surface area contributed by atoms with Crippen LogP contribution in [0.15, 0.2) is 4.99 Å². The molecular formula is C5H7N2+. The Morgan fingerprint density at radius 1 is 1.71 bits per heavy atom. The standard InChI is InChI=1S/C5H7N2/c1-5(2)3-6-4-7-5/h3H,1-2H3/q+1. The third-order valence-corrected chi connectivity index (χ3v) is 0.776. The highest BCUT2D eigenvalue weighted by atomic mass is 14.9. The highest BCUT2D eigenvalue weighted by molar-refractivity contribution is 5.75. The second-order valence-corrected chi connectivity index (χ2v) is 2.12. The zero-order valence-corrected chi connectivity index (χ0v) is 4.47. The van der Waals surface area contributed by atoms with Crippen molar-refractivity contribution < 1.29 is 0 Å². The lowest BCUT2D eigenvalue weighted by Crippen LogP contribution is -2.12. The van der Waals surface area contributed by atoms with Crippen LogP contribution in [-0.4, -0.2) is 11.8 Å². The second kappa shape index (κ2) is 1.06. The molecule has 0 bridgehead atoms. The highest BCUT2D eigenvalue weighted by Gasteiger charge is 2.25. The molecular weight excluding hydrogens is 88.1 g/mol. The summed E-state index contributed by atoms with van der Waals surface area (Å²) in [7, 11) is 0. The normalized spacial score (nSPS) is 21.4. The first kappa shape index (κ1) is 4.32. The van der Waals surface area contributed by atoms with Crippen LogP contribution in [0.2, 0.25) is 0 Å². The molecule has 0 fully saturated rings. The summed E-state index contributed by atoms with van der Waals surface area (Å²) >= 11 is 0. The summed E-state index contributed by atoms with van der Waals surface area (Å²) in [6, 6.07) is 0. The van der Waals surface area contributed by atoms with Crippen LogP contribution in [0.5, 0.6) is 0 Å². The minimum atomic E-state index is -0.0833. The molecule has 1 aliphatic heterocycles. The smallest absolute Gasteiger partial charge is 0.183 e. The van der Waals surface area contributed by atoms with E-state index in [0.717, 1.165) is 0 Å². The van der Waals surface area contributed by atoms with Gasteiger partial charge in [0.15, 0.2) is 6.21 Å². The zero-order chi connectivity index (χ0) is 5.33. The van der Waals surface area contributed by atoms with Gasteiger partial charge in [-0.15, -0.1) is 0 Å². The molecule has 0 aliphatic carbocycles. The molecule has 0 saturated carbocycles. The van der Waals surface area contributed by atoms with Crippen molar-refractivity contribution in [3.05, 3.63) is 4.85 Å². The minimum absolute atomic E-state index is 0.0833. The third-order valence-electron chi connectivity index (χ3n) is 0.776. The van der Waals surface area contributed by atoms with Gasteiger partial charge in [-0.25, -0.2) is 0 Å². The lowest BCUT2D eigenvalue weighted by atomic mass is 10.1. The summed E-state index contributed by atoms with van der Waals surface area (Å²) in [5, 5.41) is 0. The first-order valence-electron chi connectivity index (χ1n) is 2.22. The topological polar surface area (TPSA) is 16.7 Å². The Morgan fingerprint density at radius 2 is 2.43 bits per heavy atom. The Kier molecular flexibility index (Phi) is 0.657. The van der Waals surface area contributed by atoms with Gasteiger partial charge in [0.2, 0.25) is 0 Å². The third kappa shape index (κ3) is 0.774. The Bertz CT molecular complexity index is 157. The van der Waals surface area contributed by atoms with Gasteiger partial charge in [-0.1, -0.05) is 0 Å². The van der Waals surface area contributed by atoms with Crippen molar-refractivity contribution in [2.75, 3.05) is 0 Å². The lowest BCUT2D eigenvalue weighted by molar-refractivity contribution is 0.854. The Hall–Kier alpha value is -0.840. The van der Waals surface area contributed by atoms with Crippen molar-refractivity contribution >= 4 is 6.21 Å². The average molecular weight is 95.1 g/mol. The molecule has 1 rings (SSSR count). The maximum atomic E-state index is 3.90. The summed E-state index contributed by atoms with van der Waals surface area (Å²) in [6.45, 7) is 3.97. The van der Waals surface area contributed by atoms with Crippen molar-refractivity contribution in [3.63, 3.8) is 0 Å². The van der Waals surface area contributed by atoms with E-state index >= 15 is 0 Å². The minimum Gasteiger partial charge on any atom is -0.183 e. The van der Waals surface area contributed by atoms with Crippen LogP contribution in [0, 0.1) is 6.19 Å². The van der Waals surface area contributed by atoms with E-state index in [9.17, 15) is 0 Å². The van der Waals surface area contributed by atoms with Gasteiger partial charge in [0.1, 0.15) is 0 Å². The van der Waals surface area contributed by atoms with Crippen molar-refractivity contribution in [2.45, 2.75) is 19.4 Å². The monoisotopic (exact) mass is 95.1 g/mol. The average Bonchev–Trinajstić information content (AvgIpc) is 1.84. The number of aliphatic imine (C=N–C) groups is 1. The van der Waals surface area contributed by atoms with Crippen LogP contribution in [0.3, 0.4) is 0 Å². The summed E-state index contributed by atoms with van der Waals surface area (Å²) in [4.78, 5) is 7.59. The first-order valence-corrected chi connectivity index (χ1v) is 2.22. The van der Waals surface area contributed by atoms with E-state index in [1.54, 1.807) is 6.21 Å². The van der Waals surface area contributed by atoms with E-state index in [4.69, 9.17) is 0 Å². The fourth-order valence-corrected chi connectivity index (χ4v) is 0.373. The SMILES string of the molecule is CC1(C)C=NC#[N+]1. The summed E-state index contributed by atoms with van der Waals surface area (Å²) < 4.78 is 0. The van der Waals surface area contributed by atoms with Crippen molar-refractivity contribution in [3.8, 4) is 6.19 Å². The van der Waals surface area contributed by atoms with Crippen LogP contribution < -0.4 is 0 Å². The Balaban J connectivity index is 2.86. The van der Waals surface area contributed by atoms with Crippen LogP contribution in [0.1, 0.15) is 13.8 Å². The van der Waals surface area contributed by atoms with Gasteiger partial charge in [-0.2, -0.15) is 4.85 Å². The molecule has 7 heavy (non-hydrogen) atoms. The van der Waals surface area contributed by atoms with E-state index in [0.29, 0.717) is 0 Å². The molecule has 2 nitrogen and oxygen atoms in total. The molecule has 0 atom stereocenters. The van der Waals surface area contributed by atoms with Crippen LogP contribution >= 0.6 is 0 Å². The number of nitrogens with zero attached hydrogens (tertiary/aromatic N) is 2. The Labute approximate surface area is 42.7 Å². The van der Waals surface area contributed by atoms with Gasteiger partial charge in [-0.3, -0.25) is 0 Å². The summed E-state index contributed by atoms with van der Waals surface area (Å²) in [6.07, 6.45) is 4.28.